The predicted molar refractivity (Wildman–Crippen MR) is 84.4 cm³/mol. The Balaban J connectivity index is 0.00000400. The first-order valence-electron chi connectivity index (χ1n) is 6.31. The highest BCUT2D eigenvalue weighted by Gasteiger charge is 2.19. The standard InChI is InChI=1S/C13H21N3O3S.ClH/c1-8(2)12(14)13(17)16-9(3)10-4-6-11(7-5-10)20(15,18)19;/h4-9,12H,14H2,1-3H3,(H,16,17)(H2,15,18,19);1H/t9?,12-;/m1./s1. The van der Waals surface area contributed by atoms with E-state index in [0.29, 0.717) is 0 Å². The summed E-state index contributed by atoms with van der Waals surface area (Å²) in [4.78, 5) is 11.9. The molecular weight excluding hydrogens is 314 g/mol. The van der Waals surface area contributed by atoms with Gasteiger partial charge in [-0.1, -0.05) is 26.0 Å². The van der Waals surface area contributed by atoms with E-state index in [4.69, 9.17) is 10.9 Å². The fourth-order valence-electron chi connectivity index (χ4n) is 1.64. The minimum Gasteiger partial charge on any atom is -0.348 e. The van der Waals surface area contributed by atoms with Crippen LogP contribution in [0.3, 0.4) is 0 Å². The van der Waals surface area contributed by atoms with Gasteiger partial charge in [-0.05, 0) is 30.5 Å². The third-order valence-electron chi connectivity index (χ3n) is 3.09. The van der Waals surface area contributed by atoms with Crippen LogP contribution >= 0.6 is 12.4 Å². The summed E-state index contributed by atoms with van der Waals surface area (Å²) in [5.74, 6) is -0.185. The number of hydrogen-bond donors (Lipinski definition) is 3. The van der Waals surface area contributed by atoms with Crippen LogP contribution in [0.2, 0.25) is 0 Å². The number of amides is 1. The topological polar surface area (TPSA) is 115 Å². The zero-order valence-electron chi connectivity index (χ0n) is 12.2. The number of nitrogens with one attached hydrogen (secondary N) is 1. The molecule has 0 aliphatic rings. The number of rotatable bonds is 5. The van der Waals surface area contributed by atoms with E-state index in [2.05, 4.69) is 5.32 Å². The molecule has 120 valence electrons. The number of carbonyl (C=O) groups excluding carboxylic acids is 1. The summed E-state index contributed by atoms with van der Waals surface area (Å²) in [5, 5.41) is 7.81. The number of sulfonamides is 1. The molecule has 0 fully saturated rings. The number of hydrogen-bond acceptors (Lipinski definition) is 4. The Kier molecular flexibility index (Phi) is 7.32. The predicted octanol–water partition coefficient (Wildman–Crippen LogP) is 0.916. The van der Waals surface area contributed by atoms with E-state index in [-0.39, 0.29) is 35.2 Å². The summed E-state index contributed by atoms with van der Waals surface area (Å²) in [5.41, 5.74) is 6.54. The lowest BCUT2D eigenvalue weighted by Gasteiger charge is -2.20. The lowest BCUT2D eigenvalue weighted by atomic mass is 10.0. The van der Waals surface area contributed by atoms with Gasteiger partial charge in [-0.25, -0.2) is 13.6 Å². The number of nitrogens with two attached hydrogens (primary N) is 2. The molecule has 21 heavy (non-hydrogen) atoms. The molecule has 0 bridgehead atoms. The molecule has 0 saturated carbocycles. The van der Waals surface area contributed by atoms with Gasteiger partial charge in [0.25, 0.3) is 0 Å². The quantitative estimate of drug-likeness (QED) is 0.741. The SMILES string of the molecule is CC(NC(=O)[C@H](N)C(C)C)c1ccc(S(N)(=O)=O)cc1.Cl. The van der Waals surface area contributed by atoms with Gasteiger partial charge in [0, 0.05) is 0 Å². The molecule has 1 unspecified atom stereocenters. The van der Waals surface area contributed by atoms with E-state index in [0.717, 1.165) is 5.56 Å². The van der Waals surface area contributed by atoms with Crippen LogP contribution in [0.4, 0.5) is 0 Å². The molecule has 5 N–H and O–H groups in total. The van der Waals surface area contributed by atoms with Gasteiger partial charge in [-0.15, -0.1) is 12.4 Å². The fraction of sp³-hybridized carbons (Fsp3) is 0.462. The third-order valence-corrected chi connectivity index (χ3v) is 4.02. The summed E-state index contributed by atoms with van der Waals surface area (Å²) >= 11 is 0. The van der Waals surface area contributed by atoms with Gasteiger partial charge in [0.2, 0.25) is 15.9 Å². The number of benzene rings is 1. The van der Waals surface area contributed by atoms with Crippen molar-refractivity contribution in [3.63, 3.8) is 0 Å². The number of primary sulfonamides is 1. The smallest absolute Gasteiger partial charge is 0.238 e. The van der Waals surface area contributed by atoms with Crippen LogP contribution in [0.5, 0.6) is 0 Å². The van der Waals surface area contributed by atoms with Crippen LogP contribution in [0, 0.1) is 5.92 Å². The van der Waals surface area contributed by atoms with Gasteiger partial charge in [0.05, 0.1) is 17.0 Å². The second kappa shape index (κ2) is 7.74. The van der Waals surface area contributed by atoms with Crippen LogP contribution in [-0.2, 0) is 14.8 Å². The molecule has 6 nitrogen and oxygen atoms in total. The van der Waals surface area contributed by atoms with E-state index in [1.54, 1.807) is 19.1 Å². The molecule has 1 aromatic rings. The number of carbonyl (C=O) groups is 1. The molecule has 2 atom stereocenters. The summed E-state index contributed by atoms with van der Waals surface area (Å²) in [7, 11) is -3.70. The van der Waals surface area contributed by atoms with Gasteiger partial charge in [0.15, 0.2) is 0 Å². The molecule has 0 heterocycles. The lowest BCUT2D eigenvalue weighted by molar-refractivity contribution is -0.123. The van der Waals surface area contributed by atoms with Crippen molar-refractivity contribution < 1.29 is 13.2 Å². The average Bonchev–Trinajstić information content (AvgIpc) is 2.36. The Morgan fingerprint density at radius 3 is 2.00 bits per heavy atom. The summed E-state index contributed by atoms with van der Waals surface area (Å²) in [6.45, 7) is 5.54. The summed E-state index contributed by atoms with van der Waals surface area (Å²) in [6, 6.07) is 5.23. The van der Waals surface area contributed by atoms with Crippen LogP contribution in [0.15, 0.2) is 29.2 Å². The van der Waals surface area contributed by atoms with E-state index in [1.807, 2.05) is 13.8 Å². The van der Waals surface area contributed by atoms with Gasteiger partial charge in [0.1, 0.15) is 0 Å². The Morgan fingerprint density at radius 1 is 1.14 bits per heavy atom. The monoisotopic (exact) mass is 335 g/mol. The highest BCUT2D eigenvalue weighted by Crippen LogP contribution is 2.15. The fourth-order valence-corrected chi connectivity index (χ4v) is 2.16. The minimum absolute atomic E-state index is 0. The normalized spacial score (nSPS) is 14.2. The molecule has 8 heteroatoms. The van der Waals surface area contributed by atoms with E-state index < -0.39 is 16.1 Å². The van der Waals surface area contributed by atoms with E-state index in [9.17, 15) is 13.2 Å². The van der Waals surface area contributed by atoms with Crippen LogP contribution in [0.25, 0.3) is 0 Å². The molecule has 0 aromatic heterocycles. The second-order valence-electron chi connectivity index (χ2n) is 5.11. The zero-order chi connectivity index (χ0) is 15.5. The van der Waals surface area contributed by atoms with Crippen molar-refractivity contribution in [2.24, 2.45) is 16.8 Å². The molecule has 0 aliphatic carbocycles. The zero-order valence-corrected chi connectivity index (χ0v) is 13.9. The largest absolute Gasteiger partial charge is 0.348 e. The maximum absolute atomic E-state index is 11.8. The Morgan fingerprint density at radius 2 is 1.62 bits per heavy atom. The highest BCUT2D eigenvalue weighted by atomic mass is 35.5. The highest BCUT2D eigenvalue weighted by molar-refractivity contribution is 7.89. The first kappa shape index (κ1) is 19.9. The van der Waals surface area contributed by atoms with Gasteiger partial charge < -0.3 is 11.1 Å². The Labute approximate surface area is 131 Å². The van der Waals surface area contributed by atoms with Crippen molar-refractivity contribution in [1.82, 2.24) is 5.32 Å². The van der Waals surface area contributed by atoms with Crippen molar-refractivity contribution >= 4 is 28.3 Å². The minimum atomic E-state index is -3.70. The lowest BCUT2D eigenvalue weighted by Crippen LogP contribution is -2.44. The van der Waals surface area contributed by atoms with Gasteiger partial charge >= 0.3 is 0 Å². The first-order valence-corrected chi connectivity index (χ1v) is 7.86. The van der Waals surface area contributed by atoms with Gasteiger partial charge in [-0.2, -0.15) is 0 Å². The van der Waals surface area contributed by atoms with Crippen molar-refractivity contribution in [2.75, 3.05) is 0 Å². The first-order chi connectivity index (χ1) is 9.12. The van der Waals surface area contributed by atoms with Crippen molar-refractivity contribution in [2.45, 2.75) is 37.8 Å². The van der Waals surface area contributed by atoms with Gasteiger partial charge in [-0.3, -0.25) is 4.79 Å². The number of halogens is 1. The summed E-state index contributed by atoms with van der Waals surface area (Å²) < 4.78 is 22.3. The maximum atomic E-state index is 11.8. The molecular formula is C13H22ClN3O3S. The third kappa shape index (κ3) is 5.62. The summed E-state index contributed by atoms with van der Waals surface area (Å²) in [6.07, 6.45) is 0. The van der Waals surface area contributed by atoms with Crippen LogP contribution in [0.1, 0.15) is 32.4 Å². The Hall–Kier alpha value is -1.15. The van der Waals surface area contributed by atoms with E-state index in [1.165, 1.54) is 12.1 Å². The Bertz CT molecular complexity index is 573. The van der Waals surface area contributed by atoms with Crippen molar-refractivity contribution in [3.8, 4) is 0 Å². The molecule has 1 amide bonds. The second-order valence-corrected chi connectivity index (χ2v) is 6.68. The van der Waals surface area contributed by atoms with E-state index >= 15 is 0 Å². The molecule has 1 rings (SSSR count). The molecule has 0 radical (unpaired) electrons. The van der Waals surface area contributed by atoms with Crippen LogP contribution in [-0.4, -0.2) is 20.4 Å². The molecule has 0 spiro atoms. The van der Waals surface area contributed by atoms with Crippen LogP contribution < -0.4 is 16.2 Å². The molecule has 1 aromatic carbocycles. The average molecular weight is 336 g/mol. The van der Waals surface area contributed by atoms with Crippen molar-refractivity contribution in [1.29, 1.82) is 0 Å². The molecule has 0 aliphatic heterocycles. The maximum Gasteiger partial charge on any atom is 0.238 e. The molecule has 0 saturated heterocycles. The van der Waals surface area contributed by atoms with Crippen molar-refractivity contribution in [3.05, 3.63) is 29.8 Å².